The number of aryl methyl sites for hydroxylation is 2. The second-order valence-electron chi connectivity index (χ2n) is 7.74. The third-order valence-corrected chi connectivity index (χ3v) is 5.76. The molecule has 2 aromatic rings. The van der Waals surface area contributed by atoms with Crippen molar-refractivity contribution in [2.45, 2.75) is 39.5 Å². The van der Waals surface area contributed by atoms with Gasteiger partial charge in [0, 0.05) is 37.9 Å². The number of amides is 1. The number of likely N-dealkylation sites (tertiary alicyclic amines) is 1. The fourth-order valence-electron chi connectivity index (χ4n) is 4.28. The molecule has 2 fully saturated rings. The maximum absolute atomic E-state index is 12.7. The van der Waals surface area contributed by atoms with Crippen LogP contribution in [0.4, 0.5) is 0 Å². The van der Waals surface area contributed by atoms with Crippen LogP contribution < -0.4 is 0 Å². The number of ether oxygens (including phenoxy) is 1. The number of carbonyl (C=O) groups excluding carboxylic acids is 1. The topological polar surface area (TPSA) is 68.5 Å². The van der Waals surface area contributed by atoms with Crippen LogP contribution in [-0.4, -0.2) is 47.3 Å². The van der Waals surface area contributed by atoms with Gasteiger partial charge >= 0.3 is 0 Å². The highest BCUT2D eigenvalue weighted by Crippen LogP contribution is 2.28. The van der Waals surface area contributed by atoms with Gasteiger partial charge in [-0.05, 0) is 57.6 Å². The molecule has 0 radical (unpaired) electrons. The lowest BCUT2D eigenvalue weighted by Crippen LogP contribution is -2.37. The lowest BCUT2D eigenvalue weighted by molar-refractivity contribution is -0.137. The molecule has 27 heavy (non-hydrogen) atoms. The summed E-state index contributed by atoms with van der Waals surface area (Å²) in [6.45, 7) is 6.99. The second kappa shape index (κ2) is 7.80. The summed E-state index contributed by atoms with van der Waals surface area (Å²) in [7, 11) is 0. The zero-order valence-corrected chi connectivity index (χ0v) is 16.1. The molecule has 2 saturated heterocycles. The van der Waals surface area contributed by atoms with Crippen molar-refractivity contribution in [2.75, 3.05) is 26.3 Å². The predicted molar refractivity (Wildman–Crippen MR) is 101 cm³/mol. The van der Waals surface area contributed by atoms with Gasteiger partial charge in [0.15, 0.2) is 0 Å². The van der Waals surface area contributed by atoms with E-state index in [-0.39, 0.29) is 5.92 Å². The third kappa shape index (κ3) is 3.90. The van der Waals surface area contributed by atoms with E-state index in [0.29, 0.717) is 25.0 Å². The standard InChI is InChI=1S/C21H27N3O3/c1-14-20(15(2)27-23-14)19-5-3-4-18(22-19)12-16-6-9-24(13-16)21(25)17-7-10-26-11-8-17/h3-5,16-17H,6-13H2,1-2H3. The molecular weight excluding hydrogens is 342 g/mol. The molecular formula is C21H27N3O3. The fraction of sp³-hybridized carbons (Fsp3) is 0.571. The molecule has 1 amide bonds. The SMILES string of the molecule is Cc1noc(C)c1-c1cccc(CC2CCN(C(=O)C3CCOCC3)C2)n1. The van der Waals surface area contributed by atoms with Crippen LogP contribution in [0.1, 0.15) is 36.4 Å². The summed E-state index contributed by atoms with van der Waals surface area (Å²) in [4.78, 5) is 19.6. The van der Waals surface area contributed by atoms with Crippen molar-refractivity contribution >= 4 is 5.91 Å². The highest BCUT2D eigenvalue weighted by atomic mass is 16.5. The smallest absolute Gasteiger partial charge is 0.225 e. The Balaban J connectivity index is 1.40. The monoisotopic (exact) mass is 369 g/mol. The number of rotatable bonds is 4. The first kappa shape index (κ1) is 18.2. The van der Waals surface area contributed by atoms with Crippen LogP contribution in [0.2, 0.25) is 0 Å². The van der Waals surface area contributed by atoms with Crippen LogP contribution in [0.25, 0.3) is 11.3 Å². The number of carbonyl (C=O) groups is 1. The van der Waals surface area contributed by atoms with Gasteiger partial charge in [-0.2, -0.15) is 0 Å². The van der Waals surface area contributed by atoms with Crippen molar-refractivity contribution in [1.29, 1.82) is 0 Å². The largest absolute Gasteiger partial charge is 0.381 e. The first-order chi connectivity index (χ1) is 13.1. The second-order valence-corrected chi connectivity index (χ2v) is 7.74. The molecule has 4 heterocycles. The summed E-state index contributed by atoms with van der Waals surface area (Å²) in [6, 6.07) is 6.12. The van der Waals surface area contributed by atoms with Crippen LogP contribution in [0.5, 0.6) is 0 Å². The minimum absolute atomic E-state index is 0.151. The zero-order chi connectivity index (χ0) is 18.8. The van der Waals surface area contributed by atoms with Gasteiger partial charge in [0.2, 0.25) is 5.91 Å². The van der Waals surface area contributed by atoms with Gasteiger partial charge in [0.1, 0.15) is 5.76 Å². The molecule has 4 rings (SSSR count). The fourth-order valence-corrected chi connectivity index (χ4v) is 4.28. The average Bonchev–Trinajstić information content (AvgIpc) is 3.28. The van der Waals surface area contributed by atoms with Crippen LogP contribution in [0, 0.1) is 25.7 Å². The maximum Gasteiger partial charge on any atom is 0.225 e. The predicted octanol–water partition coefficient (Wildman–Crippen LogP) is 3.17. The van der Waals surface area contributed by atoms with E-state index in [9.17, 15) is 4.79 Å². The van der Waals surface area contributed by atoms with Gasteiger partial charge in [0.05, 0.1) is 17.0 Å². The van der Waals surface area contributed by atoms with Crippen molar-refractivity contribution in [1.82, 2.24) is 15.0 Å². The normalized spacial score (nSPS) is 21.0. The minimum atomic E-state index is 0.151. The van der Waals surface area contributed by atoms with E-state index in [1.54, 1.807) is 0 Å². The third-order valence-electron chi connectivity index (χ3n) is 5.76. The molecule has 2 aromatic heterocycles. The Morgan fingerprint density at radius 1 is 1.22 bits per heavy atom. The lowest BCUT2D eigenvalue weighted by Gasteiger charge is -2.26. The minimum Gasteiger partial charge on any atom is -0.381 e. The zero-order valence-electron chi connectivity index (χ0n) is 16.1. The average molecular weight is 369 g/mol. The van der Waals surface area contributed by atoms with E-state index in [4.69, 9.17) is 14.2 Å². The summed E-state index contributed by atoms with van der Waals surface area (Å²) < 4.78 is 10.7. The van der Waals surface area contributed by atoms with Gasteiger partial charge in [-0.25, -0.2) is 0 Å². The molecule has 2 aliphatic heterocycles. The molecule has 6 heteroatoms. The van der Waals surface area contributed by atoms with Gasteiger partial charge in [0.25, 0.3) is 0 Å². The van der Waals surface area contributed by atoms with Gasteiger partial charge in [-0.3, -0.25) is 9.78 Å². The molecule has 0 bridgehead atoms. The summed E-state index contributed by atoms with van der Waals surface area (Å²) in [5.74, 6) is 1.74. The molecule has 0 aromatic carbocycles. The Morgan fingerprint density at radius 2 is 2.04 bits per heavy atom. The van der Waals surface area contributed by atoms with E-state index >= 15 is 0 Å². The highest BCUT2D eigenvalue weighted by molar-refractivity contribution is 5.79. The number of pyridine rings is 1. The van der Waals surface area contributed by atoms with E-state index in [1.165, 1.54) is 0 Å². The number of aromatic nitrogens is 2. The quantitative estimate of drug-likeness (QED) is 0.828. The highest BCUT2D eigenvalue weighted by Gasteiger charge is 2.32. The molecule has 1 unspecified atom stereocenters. The molecule has 0 saturated carbocycles. The molecule has 1 atom stereocenters. The summed E-state index contributed by atoms with van der Waals surface area (Å²) in [6.07, 6.45) is 3.67. The van der Waals surface area contributed by atoms with Gasteiger partial charge in [-0.15, -0.1) is 0 Å². The van der Waals surface area contributed by atoms with Gasteiger partial charge < -0.3 is 14.2 Å². The molecule has 0 N–H and O–H groups in total. The van der Waals surface area contributed by atoms with Crippen LogP contribution in [0.3, 0.4) is 0 Å². The van der Waals surface area contributed by atoms with Crippen LogP contribution >= 0.6 is 0 Å². The van der Waals surface area contributed by atoms with Crippen molar-refractivity contribution in [3.8, 4) is 11.3 Å². The Bertz CT molecular complexity index is 791. The van der Waals surface area contributed by atoms with E-state index in [0.717, 1.165) is 67.2 Å². The van der Waals surface area contributed by atoms with E-state index in [2.05, 4.69) is 16.1 Å². The summed E-state index contributed by atoms with van der Waals surface area (Å²) in [5, 5.41) is 4.03. The van der Waals surface area contributed by atoms with E-state index in [1.807, 2.05) is 26.0 Å². The van der Waals surface area contributed by atoms with Gasteiger partial charge in [-0.1, -0.05) is 11.2 Å². The Hall–Kier alpha value is -2.21. The summed E-state index contributed by atoms with van der Waals surface area (Å²) in [5.41, 5.74) is 3.83. The maximum atomic E-state index is 12.7. The van der Waals surface area contributed by atoms with Crippen molar-refractivity contribution in [3.05, 3.63) is 35.3 Å². The molecule has 0 spiro atoms. The summed E-state index contributed by atoms with van der Waals surface area (Å²) >= 11 is 0. The molecule has 2 aliphatic rings. The molecule has 0 aliphatic carbocycles. The van der Waals surface area contributed by atoms with Crippen molar-refractivity contribution < 1.29 is 14.1 Å². The Morgan fingerprint density at radius 3 is 2.78 bits per heavy atom. The Labute approximate surface area is 159 Å². The molecule has 6 nitrogen and oxygen atoms in total. The van der Waals surface area contributed by atoms with Crippen LogP contribution in [0.15, 0.2) is 22.7 Å². The van der Waals surface area contributed by atoms with Crippen LogP contribution in [-0.2, 0) is 16.0 Å². The number of hydrogen-bond donors (Lipinski definition) is 0. The van der Waals surface area contributed by atoms with Crippen molar-refractivity contribution in [2.24, 2.45) is 11.8 Å². The first-order valence-corrected chi connectivity index (χ1v) is 9.87. The van der Waals surface area contributed by atoms with Crippen molar-refractivity contribution in [3.63, 3.8) is 0 Å². The number of nitrogens with zero attached hydrogens (tertiary/aromatic N) is 3. The molecule has 144 valence electrons. The number of hydrogen-bond acceptors (Lipinski definition) is 5. The first-order valence-electron chi connectivity index (χ1n) is 9.87. The Kier molecular flexibility index (Phi) is 5.25. The van der Waals surface area contributed by atoms with E-state index < -0.39 is 0 Å². The lowest BCUT2D eigenvalue weighted by atomic mass is 9.98.